The van der Waals surface area contributed by atoms with Crippen LogP contribution in [0.15, 0.2) is 56.7 Å². The molecule has 0 fully saturated rings. The van der Waals surface area contributed by atoms with Crippen molar-refractivity contribution in [2.24, 2.45) is 5.73 Å². The summed E-state index contributed by atoms with van der Waals surface area (Å²) in [5.41, 5.74) is 6.16. The second-order valence-corrected chi connectivity index (χ2v) is 5.96. The van der Waals surface area contributed by atoms with Crippen molar-refractivity contribution in [2.45, 2.75) is 9.79 Å². The first-order valence-electron chi connectivity index (χ1n) is 5.14. The van der Waals surface area contributed by atoms with Gasteiger partial charge in [0, 0.05) is 19.8 Å². The van der Waals surface area contributed by atoms with Gasteiger partial charge in [0.05, 0.1) is 5.02 Å². The van der Waals surface area contributed by atoms with Crippen LogP contribution in [-0.4, -0.2) is 5.84 Å². The van der Waals surface area contributed by atoms with Gasteiger partial charge in [-0.05, 0) is 46.3 Å². The summed E-state index contributed by atoms with van der Waals surface area (Å²) in [7, 11) is 0. The third kappa shape index (κ3) is 3.07. The van der Waals surface area contributed by atoms with Crippen LogP contribution in [0.1, 0.15) is 5.56 Å². The van der Waals surface area contributed by atoms with Crippen molar-refractivity contribution in [3.05, 3.63) is 57.5 Å². The number of nitrogen functional groups attached to an aromatic ring is 1. The van der Waals surface area contributed by atoms with E-state index in [4.69, 9.17) is 22.7 Å². The Labute approximate surface area is 123 Å². The van der Waals surface area contributed by atoms with Crippen molar-refractivity contribution in [1.29, 1.82) is 5.41 Å². The van der Waals surface area contributed by atoms with Crippen LogP contribution >= 0.6 is 39.3 Å². The molecule has 0 amide bonds. The smallest absolute Gasteiger partial charge is 0.123 e. The van der Waals surface area contributed by atoms with Crippen LogP contribution < -0.4 is 5.73 Å². The average molecular weight is 342 g/mol. The summed E-state index contributed by atoms with van der Waals surface area (Å²) in [4.78, 5) is 2.04. The van der Waals surface area contributed by atoms with Gasteiger partial charge in [0.2, 0.25) is 0 Å². The van der Waals surface area contributed by atoms with E-state index in [9.17, 15) is 0 Å². The Balaban J connectivity index is 2.29. The maximum atomic E-state index is 7.42. The van der Waals surface area contributed by atoms with E-state index in [1.807, 2.05) is 42.5 Å². The Hall–Kier alpha value is -0.970. The largest absolute Gasteiger partial charge is 0.384 e. The fraction of sp³-hybridized carbons (Fsp3) is 0. The van der Waals surface area contributed by atoms with E-state index in [0.29, 0.717) is 5.56 Å². The molecule has 0 aromatic heterocycles. The summed E-state index contributed by atoms with van der Waals surface area (Å²) < 4.78 is 0.812. The van der Waals surface area contributed by atoms with Crippen LogP contribution in [0.25, 0.3) is 0 Å². The molecule has 2 aromatic carbocycles. The molecule has 0 aliphatic heterocycles. The van der Waals surface area contributed by atoms with Gasteiger partial charge < -0.3 is 5.73 Å². The normalized spacial score (nSPS) is 10.3. The molecule has 0 aliphatic carbocycles. The van der Waals surface area contributed by atoms with Crippen molar-refractivity contribution in [3.8, 4) is 0 Å². The van der Waals surface area contributed by atoms with E-state index in [-0.39, 0.29) is 5.84 Å². The first-order chi connectivity index (χ1) is 8.58. The second-order valence-electron chi connectivity index (χ2n) is 3.59. The third-order valence-corrected chi connectivity index (χ3v) is 4.46. The number of nitrogens with two attached hydrogens (primary N) is 1. The minimum atomic E-state index is 0.0520. The van der Waals surface area contributed by atoms with E-state index >= 15 is 0 Å². The summed E-state index contributed by atoms with van der Waals surface area (Å²) in [5.74, 6) is 0.0520. The van der Waals surface area contributed by atoms with Gasteiger partial charge in [-0.25, -0.2) is 0 Å². The van der Waals surface area contributed by atoms with Crippen LogP contribution in [0.2, 0.25) is 5.02 Å². The molecule has 92 valence electrons. The highest BCUT2D eigenvalue weighted by atomic mass is 79.9. The van der Waals surface area contributed by atoms with E-state index in [2.05, 4.69) is 15.9 Å². The predicted molar refractivity (Wildman–Crippen MR) is 80.7 cm³/mol. The predicted octanol–water partition coefficient (Wildman–Crippen LogP) is 4.54. The lowest BCUT2D eigenvalue weighted by molar-refractivity contribution is 1.35. The monoisotopic (exact) mass is 340 g/mol. The molecule has 18 heavy (non-hydrogen) atoms. The molecule has 0 atom stereocenters. The number of nitrogens with one attached hydrogen (secondary N) is 1. The molecule has 0 spiro atoms. The molecule has 0 aliphatic rings. The van der Waals surface area contributed by atoms with Crippen molar-refractivity contribution < 1.29 is 0 Å². The van der Waals surface area contributed by atoms with Crippen molar-refractivity contribution >= 4 is 45.1 Å². The average Bonchev–Trinajstić information content (AvgIpc) is 2.32. The van der Waals surface area contributed by atoms with E-state index in [0.717, 1.165) is 19.3 Å². The Bertz CT molecular complexity index is 601. The number of benzene rings is 2. The first-order valence-corrected chi connectivity index (χ1v) is 7.13. The molecule has 0 heterocycles. The van der Waals surface area contributed by atoms with Crippen molar-refractivity contribution in [1.82, 2.24) is 0 Å². The maximum Gasteiger partial charge on any atom is 0.123 e. The Kier molecular flexibility index (Phi) is 4.32. The van der Waals surface area contributed by atoms with Crippen molar-refractivity contribution in [2.75, 3.05) is 0 Å². The zero-order valence-electron chi connectivity index (χ0n) is 9.28. The topological polar surface area (TPSA) is 49.9 Å². The molecule has 0 unspecified atom stereocenters. The van der Waals surface area contributed by atoms with Crippen LogP contribution in [-0.2, 0) is 0 Å². The van der Waals surface area contributed by atoms with Gasteiger partial charge in [0.1, 0.15) is 5.84 Å². The fourth-order valence-corrected chi connectivity index (χ4v) is 3.31. The van der Waals surface area contributed by atoms with Gasteiger partial charge in [0.25, 0.3) is 0 Å². The third-order valence-electron chi connectivity index (χ3n) is 2.30. The highest BCUT2D eigenvalue weighted by molar-refractivity contribution is 9.10. The Morgan fingerprint density at radius 2 is 1.94 bits per heavy atom. The minimum Gasteiger partial charge on any atom is -0.384 e. The fourth-order valence-electron chi connectivity index (χ4n) is 1.43. The molecule has 0 saturated carbocycles. The molecule has 3 N–H and O–H groups in total. The molecule has 2 rings (SSSR count). The lowest BCUT2D eigenvalue weighted by Gasteiger charge is -2.07. The number of hydrogen-bond acceptors (Lipinski definition) is 2. The highest BCUT2D eigenvalue weighted by Gasteiger charge is 2.06. The molecule has 2 aromatic rings. The van der Waals surface area contributed by atoms with Gasteiger partial charge >= 0.3 is 0 Å². The van der Waals surface area contributed by atoms with Crippen LogP contribution in [0.5, 0.6) is 0 Å². The van der Waals surface area contributed by atoms with Gasteiger partial charge in [-0.15, -0.1) is 0 Å². The van der Waals surface area contributed by atoms with Crippen LogP contribution in [0.4, 0.5) is 0 Å². The lowest BCUT2D eigenvalue weighted by Crippen LogP contribution is -2.11. The number of rotatable bonds is 3. The number of amidine groups is 1. The SMILES string of the molecule is N=C(N)c1ccc(Sc2ccccc2Cl)cc1Br. The number of hydrogen-bond donors (Lipinski definition) is 2. The summed E-state index contributed by atoms with van der Waals surface area (Å²) in [5, 5.41) is 8.15. The quantitative estimate of drug-likeness (QED) is 0.636. The molecule has 5 heteroatoms. The minimum absolute atomic E-state index is 0.0520. The van der Waals surface area contributed by atoms with E-state index < -0.39 is 0 Å². The zero-order chi connectivity index (χ0) is 13.1. The molecule has 0 bridgehead atoms. The lowest BCUT2D eigenvalue weighted by atomic mass is 10.2. The van der Waals surface area contributed by atoms with Gasteiger partial charge in [-0.2, -0.15) is 0 Å². The standard InChI is InChI=1S/C13H10BrClN2S/c14-10-7-8(5-6-9(10)13(16)17)18-12-4-2-1-3-11(12)15/h1-7H,(H3,16,17). The molecule has 2 nitrogen and oxygen atoms in total. The summed E-state index contributed by atoms with van der Waals surface area (Å²) in [6, 6.07) is 13.4. The van der Waals surface area contributed by atoms with E-state index in [1.54, 1.807) is 11.8 Å². The molecule has 0 radical (unpaired) electrons. The Morgan fingerprint density at radius 3 is 2.56 bits per heavy atom. The van der Waals surface area contributed by atoms with E-state index in [1.165, 1.54) is 0 Å². The number of halogens is 2. The highest BCUT2D eigenvalue weighted by Crippen LogP contribution is 2.34. The zero-order valence-corrected chi connectivity index (χ0v) is 12.4. The van der Waals surface area contributed by atoms with Crippen LogP contribution in [0, 0.1) is 5.41 Å². The Morgan fingerprint density at radius 1 is 1.22 bits per heavy atom. The molecular formula is C13H10BrClN2S. The maximum absolute atomic E-state index is 7.42. The van der Waals surface area contributed by atoms with Crippen molar-refractivity contribution in [3.63, 3.8) is 0 Å². The van der Waals surface area contributed by atoms with Gasteiger partial charge in [0.15, 0.2) is 0 Å². The van der Waals surface area contributed by atoms with Gasteiger partial charge in [-0.1, -0.05) is 35.5 Å². The van der Waals surface area contributed by atoms with Crippen LogP contribution in [0.3, 0.4) is 0 Å². The molecular weight excluding hydrogens is 332 g/mol. The second kappa shape index (κ2) is 5.78. The first kappa shape index (κ1) is 13.5. The summed E-state index contributed by atoms with van der Waals surface area (Å²) >= 11 is 11.1. The summed E-state index contributed by atoms with van der Waals surface area (Å²) in [6.07, 6.45) is 0. The summed E-state index contributed by atoms with van der Waals surface area (Å²) in [6.45, 7) is 0. The van der Waals surface area contributed by atoms with Gasteiger partial charge in [-0.3, -0.25) is 5.41 Å². The molecule has 0 saturated heterocycles.